The van der Waals surface area contributed by atoms with Crippen LogP contribution < -0.4 is 0 Å². The van der Waals surface area contributed by atoms with E-state index in [9.17, 15) is 8.60 Å². The number of aromatic nitrogens is 1. The van der Waals surface area contributed by atoms with Gasteiger partial charge in [-0.25, -0.2) is 8.60 Å². The molecule has 1 heterocycles. The lowest BCUT2D eigenvalue weighted by Gasteiger charge is -2.09. The van der Waals surface area contributed by atoms with E-state index in [-0.39, 0.29) is 4.90 Å². The average molecular weight is 411 g/mol. The Morgan fingerprint density at radius 2 is 2.13 bits per heavy atom. The summed E-state index contributed by atoms with van der Waals surface area (Å²) in [5.41, 5.74) is 1.32. The summed E-state index contributed by atoms with van der Waals surface area (Å²) in [4.78, 5) is 3.52. The first-order valence-corrected chi connectivity index (χ1v) is 9.79. The van der Waals surface area contributed by atoms with Crippen LogP contribution in [-0.4, -0.2) is 20.5 Å². The van der Waals surface area contributed by atoms with Crippen LogP contribution in [0.15, 0.2) is 56.9 Å². The van der Waals surface area contributed by atoms with E-state index in [1.165, 1.54) is 17.8 Å². The number of thioether (sulfide) groups is 1. The molecule has 0 aliphatic carbocycles. The van der Waals surface area contributed by atoms with Crippen LogP contribution in [-0.2, 0) is 10.8 Å². The van der Waals surface area contributed by atoms with Gasteiger partial charge in [-0.1, -0.05) is 12.1 Å². The zero-order chi connectivity index (χ0) is 16.6. The molecule has 2 aromatic carbocycles. The van der Waals surface area contributed by atoms with Crippen molar-refractivity contribution in [3.63, 3.8) is 0 Å². The van der Waals surface area contributed by atoms with Crippen LogP contribution in [0.2, 0.25) is 0 Å². The van der Waals surface area contributed by atoms with Crippen LogP contribution >= 0.6 is 27.7 Å². The maximum Gasteiger partial charge on any atom is 0.142 e. The lowest BCUT2D eigenvalue weighted by Crippen LogP contribution is -2.01. The van der Waals surface area contributed by atoms with Crippen LogP contribution in [0.4, 0.5) is 4.39 Å². The lowest BCUT2D eigenvalue weighted by atomic mass is 10.2. The third kappa shape index (κ3) is 3.00. The fourth-order valence-electron chi connectivity index (χ4n) is 2.27. The second-order valence-electron chi connectivity index (χ2n) is 4.77. The third-order valence-electron chi connectivity index (χ3n) is 3.40. The van der Waals surface area contributed by atoms with Crippen LogP contribution in [0.1, 0.15) is 5.56 Å². The molecule has 0 bridgehead atoms. The van der Waals surface area contributed by atoms with Gasteiger partial charge in [0.1, 0.15) is 5.82 Å². The third-order valence-corrected chi connectivity index (χ3v) is 6.58. The number of fused-ring (bicyclic) bond motifs is 1. The Balaban J connectivity index is 2.12. The minimum atomic E-state index is -1.68. The van der Waals surface area contributed by atoms with Gasteiger partial charge in [-0.2, -0.15) is 0 Å². The van der Waals surface area contributed by atoms with Gasteiger partial charge in [-0.15, -0.1) is 11.8 Å². The Morgan fingerprint density at radius 1 is 1.35 bits per heavy atom. The fraction of sp³-hybridized carbons (Fsp3) is 0.0625. The van der Waals surface area contributed by atoms with Gasteiger partial charge in [-0.05, 0) is 46.5 Å². The summed E-state index contributed by atoms with van der Waals surface area (Å²) < 4.78 is 27.8. The normalized spacial score (nSPS) is 12.5. The van der Waals surface area contributed by atoms with E-state index >= 15 is 0 Å². The van der Waals surface area contributed by atoms with Crippen LogP contribution in [0.25, 0.3) is 10.9 Å². The van der Waals surface area contributed by atoms with Crippen molar-refractivity contribution in [1.82, 2.24) is 4.98 Å². The molecule has 0 fully saturated rings. The number of hydrogen-bond donors (Lipinski definition) is 2. The molecule has 7 heteroatoms. The first-order valence-electron chi connectivity index (χ1n) is 6.62. The number of nitrogens with one attached hydrogen (secondary N) is 2. The van der Waals surface area contributed by atoms with Crippen molar-refractivity contribution < 1.29 is 8.60 Å². The Bertz CT molecular complexity index is 939. The number of hydrogen-bond acceptors (Lipinski definition) is 3. The summed E-state index contributed by atoms with van der Waals surface area (Å²) in [7, 11) is -1.68. The summed E-state index contributed by atoms with van der Waals surface area (Å²) in [6.07, 6.45) is 3.52. The molecular formula is C16H12BrFN2OS2. The zero-order valence-electron chi connectivity index (χ0n) is 12.0. The molecule has 23 heavy (non-hydrogen) atoms. The Labute approximate surface area is 147 Å². The topological polar surface area (TPSA) is 56.7 Å². The second-order valence-corrected chi connectivity index (χ2v) is 7.80. The van der Waals surface area contributed by atoms with Crippen LogP contribution in [0.3, 0.4) is 0 Å². The maximum atomic E-state index is 14.4. The van der Waals surface area contributed by atoms with Crippen molar-refractivity contribution in [2.24, 2.45) is 0 Å². The van der Waals surface area contributed by atoms with E-state index in [0.717, 1.165) is 5.39 Å². The van der Waals surface area contributed by atoms with Crippen molar-refractivity contribution in [3.05, 3.63) is 58.4 Å². The van der Waals surface area contributed by atoms with Crippen molar-refractivity contribution in [2.45, 2.75) is 9.79 Å². The molecule has 3 aromatic rings. The molecule has 2 N–H and O–H groups in total. The molecule has 0 spiro atoms. The highest BCUT2D eigenvalue weighted by Crippen LogP contribution is 2.34. The number of aromatic amines is 1. The zero-order valence-corrected chi connectivity index (χ0v) is 15.2. The van der Waals surface area contributed by atoms with Crippen molar-refractivity contribution in [1.29, 1.82) is 5.41 Å². The minimum Gasteiger partial charge on any atom is -0.361 e. The smallest absolute Gasteiger partial charge is 0.142 e. The number of rotatable bonds is 3. The lowest BCUT2D eigenvalue weighted by molar-refractivity contribution is 0.595. The van der Waals surface area contributed by atoms with Gasteiger partial charge in [0, 0.05) is 32.0 Å². The minimum absolute atomic E-state index is 0.116. The molecule has 1 aromatic heterocycles. The Morgan fingerprint density at radius 3 is 2.87 bits per heavy atom. The van der Waals surface area contributed by atoms with Gasteiger partial charge in [-0.3, -0.25) is 5.41 Å². The molecule has 0 aliphatic rings. The maximum absolute atomic E-state index is 14.4. The summed E-state index contributed by atoms with van der Waals surface area (Å²) in [6.45, 7) is 0. The standard InChI is InChI=1S/C16H12BrFN2OS2/c1-22-16(19)9-3-2-4-10(7-9)23(21)15-12(18)8-13-11(14(15)17)5-6-20-13/h2-8,19-20H,1H3. The van der Waals surface area contributed by atoms with Crippen LogP contribution in [0, 0.1) is 11.2 Å². The first-order chi connectivity index (χ1) is 11.0. The predicted octanol–water partition coefficient (Wildman–Crippen LogP) is 4.92. The SMILES string of the molecule is CSC(=N)c1cccc(S(=O)c2c(F)cc3[nH]ccc3c2Br)c1. The van der Waals surface area contributed by atoms with Gasteiger partial charge in [0.25, 0.3) is 0 Å². The van der Waals surface area contributed by atoms with Gasteiger partial charge in [0.2, 0.25) is 0 Å². The van der Waals surface area contributed by atoms with Gasteiger partial charge < -0.3 is 4.98 Å². The molecule has 0 radical (unpaired) electrons. The molecule has 1 atom stereocenters. The highest BCUT2D eigenvalue weighted by molar-refractivity contribution is 9.10. The monoisotopic (exact) mass is 410 g/mol. The molecule has 0 saturated heterocycles. The van der Waals surface area contributed by atoms with Crippen molar-refractivity contribution >= 4 is 54.4 Å². The average Bonchev–Trinajstić information content (AvgIpc) is 3.02. The van der Waals surface area contributed by atoms with E-state index in [4.69, 9.17) is 5.41 Å². The number of H-pyrrole nitrogens is 1. The van der Waals surface area contributed by atoms with E-state index in [2.05, 4.69) is 20.9 Å². The highest BCUT2D eigenvalue weighted by Gasteiger charge is 2.20. The molecule has 0 amide bonds. The molecule has 118 valence electrons. The molecule has 0 aliphatic heterocycles. The summed E-state index contributed by atoms with van der Waals surface area (Å²) >= 11 is 4.67. The van der Waals surface area contributed by atoms with Crippen molar-refractivity contribution in [3.8, 4) is 0 Å². The van der Waals surface area contributed by atoms with E-state index in [0.29, 0.717) is 25.5 Å². The van der Waals surface area contributed by atoms with E-state index in [1.807, 2.05) is 6.26 Å². The first kappa shape index (κ1) is 16.4. The van der Waals surface area contributed by atoms with Crippen LogP contribution in [0.5, 0.6) is 0 Å². The molecule has 0 saturated carbocycles. The predicted molar refractivity (Wildman–Crippen MR) is 97.4 cm³/mol. The molecular weight excluding hydrogens is 399 g/mol. The summed E-state index contributed by atoms with van der Waals surface area (Å²) in [5.74, 6) is -0.532. The van der Waals surface area contributed by atoms with Gasteiger partial charge in [0.15, 0.2) is 0 Å². The fourth-order valence-corrected chi connectivity index (χ4v) is 4.79. The molecule has 1 unspecified atom stereocenters. The second kappa shape index (κ2) is 6.59. The Kier molecular flexibility index (Phi) is 4.70. The van der Waals surface area contributed by atoms with E-state index in [1.54, 1.807) is 36.5 Å². The number of halogens is 2. The highest BCUT2D eigenvalue weighted by atomic mass is 79.9. The van der Waals surface area contributed by atoms with Crippen molar-refractivity contribution in [2.75, 3.05) is 6.26 Å². The van der Waals surface area contributed by atoms with Gasteiger partial charge >= 0.3 is 0 Å². The molecule has 3 rings (SSSR count). The molecule has 3 nitrogen and oxygen atoms in total. The quantitative estimate of drug-likeness (QED) is 0.475. The number of benzene rings is 2. The summed E-state index contributed by atoms with van der Waals surface area (Å²) in [5, 5.41) is 9.03. The Hall–Kier alpha value is -1.44. The van der Waals surface area contributed by atoms with E-state index < -0.39 is 16.6 Å². The van der Waals surface area contributed by atoms with Gasteiger partial charge in [0.05, 0.1) is 20.7 Å². The largest absolute Gasteiger partial charge is 0.361 e. The summed E-state index contributed by atoms with van der Waals surface area (Å²) in [6, 6.07) is 10.0.